The maximum Gasteiger partial charge on any atom is 0.225 e. The zero-order valence-corrected chi connectivity index (χ0v) is 14.1. The van der Waals surface area contributed by atoms with E-state index in [0.29, 0.717) is 32.7 Å². The molecule has 1 fully saturated rings. The summed E-state index contributed by atoms with van der Waals surface area (Å²) in [6.07, 6.45) is 0. The first-order chi connectivity index (χ1) is 10.9. The van der Waals surface area contributed by atoms with Gasteiger partial charge in [0.05, 0.1) is 10.9 Å². The summed E-state index contributed by atoms with van der Waals surface area (Å²) in [5.41, 5.74) is 0.791. The Balaban J connectivity index is 2.12. The number of carbonyl (C=O) groups excluding carboxylic acids is 2. The van der Waals surface area contributed by atoms with Crippen molar-refractivity contribution < 1.29 is 14.0 Å². The highest BCUT2D eigenvalue weighted by molar-refractivity contribution is 6.30. The molecule has 1 heterocycles. The van der Waals surface area contributed by atoms with Crippen LogP contribution >= 0.6 is 11.6 Å². The van der Waals surface area contributed by atoms with E-state index in [1.54, 1.807) is 18.0 Å². The van der Waals surface area contributed by atoms with Gasteiger partial charge in [-0.25, -0.2) is 4.39 Å². The normalized spacial score (nSPS) is 19.3. The lowest BCUT2D eigenvalue weighted by Crippen LogP contribution is -2.40. The van der Waals surface area contributed by atoms with Crippen LogP contribution in [0.4, 0.5) is 4.39 Å². The maximum absolute atomic E-state index is 13.6. The lowest BCUT2D eigenvalue weighted by molar-refractivity contribution is -0.130. The number of hydrogen-bond acceptors (Lipinski definition) is 3. The zero-order valence-electron chi connectivity index (χ0n) is 13.3. The predicted octanol–water partition coefficient (Wildman–Crippen LogP) is 1.51. The van der Waals surface area contributed by atoms with Gasteiger partial charge in [-0.3, -0.25) is 14.5 Å². The van der Waals surface area contributed by atoms with Crippen molar-refractivity contribution in [3.8, 4) is 0 Å². The largest absolute Gasteiger partial charge is 0.359 e. The number of benzene rings is 1. The first kappa shape index (κ1) is 17.7. The van der Waals surface area contributed by atoms with E-state index in [4.69, 9.17) is 11.6 Å². The molecule has 0 saturated carbocycles. The summed E-state index contributed by atoms with van der Waals surface area (Å²) in [4.78, 5) is 27.4. The summed E-state index contributed by atoms with van der Waals surface area (Å²) in [6, 6.07) is 4.71. The predicted molar refractivity (Wildman–Crippen MR) is 86.5 cm³/mol. The molecule has 1 saturated heterocycles. The Morgan fingerprint density at radius 2 is 2.09 bits per heavy atom. The molecule has 1 aliphatic rings. The van der Waals surface area contributed by atoms with E-state index in [2.05, 4.69) is 10.2 Å². The van der Waals surface area contributed by atoms with Crippen LogP contribution in [0.15, 0.2) is 18.2 Å². The van der Waals surface area contributed by atoms with Crippen molar-refractivity contribution in [3.05, 3.63) is 34.6 Å². The van der Waals surface area contributed by atoms with Gasteiger partial charge in [-0.1, -0.05) is 17.7 Å². The van der Waals surface area contributed by atoms with Crippen molar-refractivity contribution in [2.45, 2.75) is 13.5 Å². The molecule has 1 unspecified atom stereocenters. The highest BCUT2D eigenvalue weighted by atomic mass is 35.5. The molecule has 1 aromatic rings. The van der Waals surface area contributed by atoms with Crippen LogP contribution in [-0.4, -0.2) is 54.8 Å². The van der Waals surface area contributed by atoms with Gasteiger partial charge < -0.3 is 10.2 Å². The Labute approximate surface area is 140 Å². The van der Waals surface area contributed by atoms with Gasteiger partial charge in [0.15, 0.2) is 0 Å². The number of rotatable bonds is 3. The van der Waals surface area contributed by atoms with Crippen molar-refractivity contribution in [1.29, 1.82) is 0 Å². The molecule has 1 aliphatic heterocycles. The minimum Gasteiger partial charge on any atom is -0.359 e. The fraction of sp³-hybridized carbons (Fsp3) is 0.500. The first-order valence-electron chi connectivity index (χ1n) is 7.54. The molecule has 0 radical (unpaired) electrons. The molecular formula is C16H21ClFN3O2. The van der Waals surface area contributed by atoms with Gasteiger partial charge in [0.25, 0.3) is 0 Å². The number of hydrogen-bond donors (Lipinski definition) is 1. The summed E-state index contributed by atoms with van der Waals surface area (Å²) in [5.74, 6) is -0.889. The summed E-state index contributed by atoms with van der Waals surface area (Å²) in [7, 11) is 1.59. The Morgan fingerprint density at radius 1 is 1.35 bits per heavy atom. The van der Waals surface area contributed by atoms with Crippen LogP contribution in [0, 0.1) is 11.7 Å². The Bertz CT molecular complexity index is 597. The Hall–Kier alpha value is -1.66. The van der Waals surface area contributed by atoms with Crippen molar-refractivity contribution in [2.24, 2.45) is 5.92 Å². The number of halogens is 2. The van der Waals surface area contributed by atoms with Crippen molar-refractivity contribution in [1.82, 2.24) is 15.1 Å². The van der Waals surface area contributed by atoms with Crippen LogP contribution in [0.1, 0.15) is 12.5 Å². The van der Waals surface area contributed by atoms with Crippen LogP contribution in [0.5, 0.6) is 0 Å². The Kier molecular flexibility index (Phi) is 5.96. The second kappa shape index (κ2) is 7.75. The lowest BCUT2D eigenvalue weighted by atomic mass is 10.1. The van der Waals surface area contributed by atoms with Gasteiger partial charge in [0.1, 0.15) is 5.82 Å². The monoisotopic (exact) mass is 341 g/mol. The lowest BCUT2D eigenvalue weighted by Gasteiger charge is -2.23. The second-order valence-corrected chi connectivity index (χ2v) is 6.17. The molecule has 0 aliphatic carbocycles. The van der Waals surface area contributed by atoms with E-state index >= 15 is 0 Å². The van der Waals surface area contributed by atoms with E-state index in [-0.39, 0.29) is 22.8 Å². The third-order valence-corrected chi connectivity index (χ3v) is 4.36. The van der Waals surface area contributed by atoms with Crippen LogP contribution in [0.2, 0.25) is 5.02 Å². The second-order valence-electron chi connectivity index (χ2n) is 5.76. The van der Waals surface area contributed by atoms with Gasteiger partial charge in [0.2, 0.25) is 11.8 Å². The molecule has 1 N–H and O–H groups in total. The van der Waals surface area contributed by atoms with E-state index < -0.39 is 5.82 Å². The zero-order chi connectivity index (χ0) is 17.0. The molecular weight excluding hydrogens is 321 g/mol. The quantitative estimate of drug-likeness (QED) is 0.906. The molecule has 2 rings (SSSR count). The molecule has 23 heavy (non-hydrogen) atoms. The minimum atomic E-state index is -0.452. The van der Waals surface area contributed by atoms with Gasteiger partial charge in [0, 0.05) is 46.7 Å². The maximum atomic E-state index is 13.6. The van der Waals surface area contributed by atoms with Gasteiger partial charge in [-0.2, -0.15) is 0 Å². The minimum absolute atomic E-state index is 0.0432. The van der Waals surface area contributed by atoms with Gasteiger partial charge in [-0.05, 0) is 17.7 Å². The van der Waals surface area contributed by atoms with E-state index in [1.807, 2.05) is 0 Å². The van der Waals surface area contributed by atoms with E-state index in [9.17, 15) is 14.0 Å². The molecule has 2 amide bonds. The SMILES string of the molecule is CNC(=O)C1CN(Cc2ccc(Cl)c(F)c2)CCN(C(C)=O)C1. The highest BCUT2D eigenvalue weighted by Gasteiger charge is 2.28. The molecule has 0 aromatic heterocycles. The summed E-state index contributed by atoms with van der Waals surface area (Å²) >= 11 is 5.70. The standard InChI is InChI=1S/C16H21ClFN3O2/c1-11(22)21-6-5-20(9-13(10-21)16(23)19-2)8-12-3-4-14(17)15(18)7-12/h3-4,7,13H,5-6,8-10H2,1-2H3,(H,19,23). The van der Waals surface area contributed by atoms with Gasteiger partial charge in [-0.15, -0.1) is 0 Å². The van der Waals surface area contributed by atoms with Crippen LogP contribution in [0.3, 0.4) is 0 Å². The smallest absolute Gasteiger partial charge is 0.225 e. The van der Waals surface area contributed by atoms with Crippen molar-refractivity contribution in [2.75, 3.05) is 33.2 Å². The number of amides is 2. The molecule has 1 atom stereocenters. The molecule has 1 aromatic carbocycles. The highest BCUT2D eigenvalue weighted by Crippen LogP contribution is 2.18. The van der Waals surface area contributed by atoms with Crippen LogP contribution < -0.4 is 5.32 Å². The summed E-state index contributed by atoms with van der Waals surface area (Å²) < 4.78 is 13.6. The fourth-order valence-electron chi connectivity index (χ4n) is 2.78. The third kappa shape index (κ3) is 4.65. The Morgan fingerprint density at radius 3 is 2.70 bits per heavy atom. The van der Waals surface area contributed by atoms with E-state index in [0.717, 1.165) is 5.56 Å². The van der Waals surface area contributed by atoms with Crippen LogP contribution in [0.25, 0.3) is 0 Å². The first-order valence-corrected chi connectivity index (χ1v) is 7.92. The van der Waals surface area contributed by atoms with Gasteiger partial charge >= 0.3 is 0 Å². The third-order valence-electron chi connectivity index (χ3n) is 4.06. The average Bonchev–Trinajstić information content (AvgIpc) is 2.73. The topological polar surface area (TPSA) is 52.7 Å². The number of carbonyl (C=O) groups is 2. The van der Waals surface area contributed by atoms with Crippen LogP contribution in [-0.2, 0) is 16.1 Å². The summed E-state index contributed by atoms with van der Waals surface area (Å²) in [6.45, 7) is 4.13. The fourth-order valence-corrected chi connectivity index (χ4v) is 2.89. The summed E-state index contributed by atoms with van der Waals surface area (Å²) in [5, 5.41) is 2.74. The van der Waals surface area contributed by atoms with Crippen molar-refractivity contribution in [3.63, 3.8) is 0 Å². The molecule has 7 heteroatoms. The molecule has 0 bridgehead atoms. The molecule has 126 valence electrons. The molecule has 5 nitrogen and oxygen atoms in total. The van der Waals surface area contributed by atoms with E-state index in [1.165, 1.54) is 19.1 Å². The number of nitrogens with zero attached hydrogens (tertiary/aromatic N) is 2. The van der Waals surface area contributed by atoms with Crippen molar-refractivity contribution >= 4 is 23.4 Å². The average molecular weight is 342 g/mol. The molecule has 0 spiro atoms. The number of nitrogens with one attached hydrogen (secondary N) is 1.